The molecular formula is C20H38N4O2. The van der Waals surface area contributed by atoms with Gasteiger partial charge in [-0.05, 0) is 26.7 Å². The van der Waals surface area contributed by atoms with E-state index in [-0.39, 0.29) is 11.8 Å². The molecule has 0 saturated carbocycles. The molecule has 0 radical (unpaired) electrons. The van der Waals surface area contributed by atoms with Crippen LogP contribution in [0.25, 0.3) is 0 Å². The van der Waals surface area contributed by atoms with Crippen molar-refractivity contribution in [2.24, 2.45) is 10.2 Å². The summed E-state index contributed by atoms with van der Waals surface area (Å²) in [5.74, 6) is -0.158. The van der Waals surface area contributed by atoms with Crippen molar-refractivity contribution >= 4 is 23.2 Å². The molecule has 0 aromatic rings. The Labute approximate surface area is 159 Å². The van der Waals surface area contributed by atoms with E-state index in [1.54, 1.807) is 13.8 Å². The maximum atomic E-state index is 11.7. The molecule has 150 valence electrons. The summed E-state index contributed by atoms with van der Waals surface area (Å²) in [6.07, 6.45) is 12.1. The molecule has 2 N–H and O–H groups in total. The fourth-order valence-electron chi connectivity index (χ4n) is 2.34. The smallest absolute Gasteiger partial charge is 0.240 e. The lowest BCUT2D eigenvalue weighted by molar-refractivity contribution is -0.122. The minimum atomic E-state index is -0.0789. The second-order valence-electron chi connectivity index (χ2n) is 6.79. The average Bonchev–Trinajstić information content (AvgIpc) is 2.63. The van der Waals surface area contributed by atoms with Gasteiger partial charge in [-0.15, -0.1) is 0 Å². The lowest BCUT2D eigenvalue weighted by Crippen LogP contribution is -2.23. The second kappa shape index (κ2) is 16.7. The van der Waals surface area contributed by atoms with Crippen molar-refractivity contribution < 1.29 is 9.59 Å². The summed E-state index contributed by atoms with van der Waals surface area (Å²) in [6.45, 7) is 7.86. The van der Waals surface area contributed by atoms with Crippen molar-refractivity contribution in [2.45, 2.75) is 105 Å². The molecule has 0 heterocycles. The Balaban J connectivity index is 4.01. The second-order valence-corrected chi connectivity index (χ2v) is 6.79. The summed E-state index contributed by atoms with van der Waals surface area (Å²) in [5, 5.41) is 8.10. The fraction of sp³-hybridized carbons (Fsp3) is 0.800. The van der Waals surface area contributed by atoms with Gasteiger partial charge in [0, 0.05) is 12.8 Å². The van der Waals surface area contributed by atoms with Crippen LogP contribution in [0.4, 0.5) is 0 Å². The maximum Gasteiger partial charge on any atom is 0.240 e. The zero-order valence-electron chi connectivity index (χ0n) is 17.2. The molecule has 0 atom stereocenters. The Bertz CT molecular complexity index is 417. The Hall–Kier alpha value is -1.72. The van der Waals surface area contributed by atoms with Crippen LogP contribution in [-0.2, 0) is 9.59 Å². The normalized spacial score (nSPS) is 12.2. The van der Waals surface area contributed by atoms with Crippen LogP contribution in [0.5, 0.6) is 0 Å². The summed E-state index contributed by atoms with van der Waals surface area (Å²) in [4.78, 5) is 23.5. The minimum absolute atomic E-state index is 0.0789. The number of nitrogens with zero attached hydrogens (tertiary/aromatic N) is 2. The highest BCUT2D eigenvalue weighted by Gasteiger charge is 2.04. The molecule has 0 aliphatic rings. The first kappa shape index (κ1) is 24.3. The highest BCUT2D eigenvalue weighted by atomic mass is 16.2. The Morgan fingerprint density at radius 2 is 0.962 bits per heavy atom. The molecule has 0 unspecified atom stereocenters. The van der Waals surface area contributed by atoms with Gasteiger partial charge in [-0.2, -0.15) is 10.2 Å². The first-order chi connectivity index (χ1) is 12.5. The zero-order chi connectivity index (χ0) is 19.6. The number of carbonyl (C=O) groups is 2. The third kappa shape index (κ3) is 14.6. The van der Waals surface area contributed by atoms with Crippen molar-refractivity contribution in [1.29, 1.82) is 0 Å². The monoisotopic (exact) mass is 366 g/mol. The van der Waals surface area contributed by atoms with Gasteiger partial charge in [0.15, 0.2) is 0 Å². The van der Waals surface area contributed by atoms with Gasteiger partial charge in [0.05, 0.1) is 11.4 Å². The van der Waals surface area contributed by atoms with Crippen LogP contribution in [0, 0.1) is 0 Å². The molecule has 0 fully saturated rings. The van der Waals surface area contributed by atoms with Crippen LogP contribution in [0.2, 0.25) is 0 Å². The molecule has 0 rings (SSSR count). The highest BCUT2D eigenvalue weighted by Crippen LogP contribution is 2.05. The molecule has 6 heteroatoms. The number of hydrazone groups is 2. The molecule has 0 aliphatic heterocycles. The molecule has 0 aromatic carbocycles. The van der Waals surface area contributed by atoms with E-state index in [2.05, 4.69) is 34.9 Å². The van der Waals surface area contributed by atoms with Gasteiger partial charge in [-0.1, -0.05) is 65.2 Å². The molecule has 26 heavy (non-hydrogen) atoms. The van der Waals surface area contributed by atoms with E-state index in [4.69, 9.17) is 0 Å². The van der Waals surface area contributed by atoms with Gasteiger partial charge in [0.2, 0.25) is 11.8 Å². The van der Waals surface area contributed by atoms with Crippen LogP contribution < -0.4 is 10.9 Å². The molecule has 0 aromatic heterocycles. The van der Waals surface area contributed by atoms with E-state index in [1.165, 1.54) is 38.5 Å². The number of carbonyl (C=O) groups excluding carboxylic acids is 2. The van der Waals surface area contributed by atoms with Crippen LogP contribution in [0.1, 0.15) is 105 Å². The van der Waals surface area contributed by atoms with Gasteiger partial charge in [-0.25, -0.2) is 10.9 Å². The van der Waals surface area contributed by atoms with E-state index in [0.29, 0.717) is 24.3 Å². The molecule has 0 spiro atoms. The summed E-state index contributed by atoms with van der Waals surface area (Å²) < 4.78 is 0. The van der Waals surface area contributed by atoms with Crippen LogP contribution in [0.15, 0.2) is 10.2 Å². The van der Waals surface area contributed by atoms with Crippen molar-refractivity contribution in [1.82, 2.24) is 10.9 Å². The number of amides is 2. The summed E-state index contributed by atoms with van der Waals surface area (Å²) in [5.41, 5.74) is 6.28. The van der Waals surface area contributed by atoms with Crippen LogP contribution in [0.3, 0.4) is 0 Å². The average molecular weight is 367 g/mol. The van der Waals surface area contributed by atoms with Gasteiger partial charge in [0.25, 0.3) is 0 Å². The Morgan fingerprint density at radius 3 is 1.31 bits per heavy atom. The number of hydrogen-bond donors (Lipinski definition) is 2. The Kier molecular flexibility index (Phi) is 15.6. The van der Waals surface area contributed by atoms with Gasteiger partial charge in [-0.3, -0.25) is 9.59 Å². The van der Waals surface area contributed by atoms with Crippen molar-refractivity contribution in [2.75, 3.05) is 0 Å². The van der Waals surface area contributed by atoms with Crippen LogP contribution in [-0.4, -0.2) is 23.2 Å². The SMILES string of the molecule is CCCCCCCC(=O)N/N=C(C)/C(C)=N/NC(=O)CCCCCCC. The lowest BCUT2D eigenvalue weighted by Gasteiger charge is -2.04. The van der Waals surface area contributed by atoms with Gasteiger partial charge < -0.3 is 0 Å². The number of unbranched alkanes of at least 4 members (excludes halogenated alkanes) is 8. The topological polar surface area (TPSA) is 82.9 Å². The molecule has 2 amide bonds. The first-order valence-corrected chi connectivity index (χ1v) is 10.2. The molecule has 0 bridgehead atoms. The van der Waals surface area contributed by atoms with Crippen molar-refractivity contribution in [3.63, 3.8) is 0 Å². The molecular weight excluding hydrogens is 328 g/mol. The first-order valence-electron chi connectivity index (χ1n) is 10.2. The molecule has 0 aliphatic carbocycles. The third-order valence-corrected chi connectivity index (χ3v) is 4.24. The standard InChI is InChI=1S/C20H38N4O2/c1-5-7-9-11-13-15-19(25)23-21-17(3)18(4)22-24-20(26)16-14-12-10-8-6-2/h5-16H2,1-4H3,(H,23,25)(H,24,26)/b21-17+,22-18+. The van der Waals surface area contributed by atoms with Crippen molar-refractivity contribution in [3.8, 4) is 0 Å². The number of rotatable bonds is 15. The number of nitrogens with one attached hydrogen (secondary N) is 2. The summed E-state index contributed by atoms with van der Waals surface area (Å²) >= 11 is 0. The summed E-state index contributed by atoms with van der Waals surface area (Å²) in [6, 6.07) is 0. The lowest BCUT2D eigenvalue weighted by atomic mass is 10.1. The maximum absolute atomic E-state index is 11.7. The van der Waals surface area contributed by atoms with E-state index >= 15 is 0 Å². The largest absolute Gasteiger partial charge is 0.273 e. The predicted molar refractivity (Wildman–Crippen MR) is 109 cm³/mol. The zero-order valence-corrected chi connectivity index (χ0v) is 17.2. The fourth-order valence-corrected chi connectivity index (χ4v) is 2.34. The minimum Gasteiger partial charge on any atom is -0.273 e. The van der Waals surface area contributed by atoms with Gasteiger partial charge >= 0.3 is 0 Å². The highest BCUT2D eigenvalue weighted by molar-refractivity contribution is 6.40. The van der Waals surface area contributed by atoms with E-state index < -0.39 is 0 Å². The van der Waals surface area contributed by atoms with Crippen molar-refractivity contribution in [3.05, 3.63) is 0 Å². The third-order valence-electron chi connectivity index (χ3n) is 4.24. The van der Waals surface area contributed by atoms with E-state index in [0.717, 1.165) is 25.7 Å². The van der Waals surface area contributed by atoms with Gasteiger partial charge in [0.1, 0.15) is 0 Å². The Morgan fingerprint density at radius 1 is 0.615 bits per heavy atom. The number of hydrogen-bond acceptors (Lipinski definition) is 4. The van der Waals surface area contributed by atoms with E-state index in [1.807, 2.05) is 0 Å². The molecule has 6 nitrogen and oxygen atoms in total. The quantitative estimate of drug-likeness (QED) is 0.250. The van der Waals surface area contributed by atoms with E-state index in [9.17, 15) is 9.59 Å². The predicted octanol–water partition coefficient (Wildman–Crippen LogP) is 4.69. The molecule has 0 saturated heterocycles. The van der Waals surface area contributed by atoms with Crippen LogP contribution >= 0.6 is 0 Å². The summed E-state index contributed by atoms with van der Waals surface area (Å²) in [7, 11) is 0.